The topological polar surface area (TPSA) is 29.5 Å². The van der Waals surface area contributed by atoms with Crippen LogP contribution in [0.1, 0.15) is 15.9 Å². The highest BCUT2D eigenvalue weighted by atomic mass is 16.5. The maximum atomic E-state index is 12.6. The molecule has 1 fully saturated rings. The van der Waals surface area contributed by atoms with E-state index in [9.17, 15) is 4.79 Å². The molecule has 0 aliphatic carbocycles. The number of ether oxygens (including phenoxy) is 1. The highest BCUT2D eigenvalue weighted by molar-refractivity contribution is 6.02. The Morgan fingerprint density at radius 1 is 0.952 bits per heavy atom. The zero-order valence-corrected chi connectivity index (χ0v) is 12.0. The predicted molar refractivity (Wildman–Crippen MR) is 84.0 cm³/mol. The van der Waals surface area contributed by atoms with Gasteiger partial charge in [0, 0.05) is 30.8 Å². The molecular weight excluding hydrogens is 262 g/mol. The molecule has 108 valence electrons. The number of Topliss-reactive ketones (excluding diaryl/α,β-unsaturated/α-hetero) is 1. The lowest BCUT2D eigenvalue weighted by Crippen LogP contribution is -2.37. The van der Waals surface area contributed by atoms with Crippen LogP contribution in [0.2, 0.25) is 0 Å². The van der Waals surface area contributed by atoms with Crippen LogP contribution in [-0.4, -0.2) is 32.1 Å². The smallest absolute Gasteiger partial charge is 0.169 e. The van der Waals surface area contributed by atoms with E-state index in [1.807, 2.05) is 54.6 Å². The quantitative estimate of drug-likeness (QED) is 0.807. The van der Waals surface area contributed by atoms with Crippen LogP contribution in [0.5, 0.6) is 0 Å². The van der Waals surface area contributed by atoms with Crippen LogP contribution >= 0.6 is 0 Å². The molecule has 1 aliphatic heterocycles. The first-order valence-electron chi connectivity index (χ1n) is 7.33. The number of ketones is 1. The largest absolute Gasteiger partial charge is 0.378 e. The summed E-state index contributed by atoms with van der Waals surface area (Å²) in [6.07, 6.45) is 0.447. The van der Waals surface area contributed by atoms with Gasteiger partial charge in [-0.05, 0) is 17.7 Å². The lowest BCUT2D eigenvalue weighted by atomic mass is 10.0. The van der Waals surface area contributed by atoms with Crippen LogP contribution in [-0.2, 0) is 11.2 Å². The molecule has 21 heavy (non-hydrogen) atoms. The van der Waals surface area contributed by atoms with Gasteiger partial charge in [0.15, 0.2) is 5.78 Å². The summed E-state index contributed by atoms with van der Waals surface area (Å²) in [5.74, 6) is 0.170. The predicted octanol–water partition coefficient (Wildman–Crippen LogP) is 2.95. The van der Waals surface area contributed by atoms with Gasteiger partial charge in [0.25, 0.3) is 0 Å². The van der Waals surface area contributed by atoms with E-state index in [0.29, 0.717) is 6.42 Å². The van der Waals surface area contributed by atoms with Crippen molar-refractivity contribution >= 4 is 11.5 Å². The van der Waals surface area contributed by atoms with Gasteiger partial charge in [-0.2, -0.15) is 0 Å². The Kier molecular flexibility index (Phi) is 4.31. The van der Waals surface area contributed by atoms with Crippen molar-refractivity contribution in [3.8, 4) is 0 Å². The first-order chi connectivity index (χ1) is 10.3. The number of rotatable bonds is 4. The third-order valence-corrected chi connectivity index (χ3v) is 3.76. The molecule has 0 bridgehead atoms. The van der Waals surface area contributed by atoms with Gasteiger partial charge in [-0.15, -0.1) is 0 Å². The van der Waals surface area contributed by atoms with Gasteiger partial charge in [-0.3, -0.25) is 4.79 Å². The second kappa shape index (κ2) is 6.55. The Morgan fingerprint density at radius 3 is 2.38 bits per heavy atom. The van der Waals surface area contributed by atoms with Crippen LogP contribution in [0, 0.1) is 0 Å². The average molecular weight is 281 g/mol. The minimum atomic E-state index is 0.170. The van der Waals surface area contributed by atoms with Crippen LogP contribution in [0.4, 0.5) is 5.69 Å². The number of carbonyl (C=O) groups is 1. The van der Waals surface area contributed by atoms with Gasteiger partial charge in [-0.25, -0.2) is 0 Å². The summed E-state index contributed by atoms with van der Waals surface area (Å²) >= 11 is 0. The lowest BCUT2D eigenvalue weighted by molar-refractivity contribution is 0.0991. The Bertz CT molecular complexity index is 604. The molecule has 0 atom stereocenters. The molecule has 0 amide bonds. The van der Waals surface area contributed by atoms with E-state index in [0.717, 1.165) is 43.1 Å². The fraction of sp³-hybridized carbons (Fsp3) is 0.278. The molecule has 0 spiro atoms. The van der Waals surface area contributed by atoms with Crippen LogP contribution in [0.3, 0.4) is 0 Å². The van der Waals surface area contributed by atoms with Gasteiger partial charge >= 0.3 is 0 Å². The zero-order chi connectivity index (χ0) is 14.5. The fourth-order valence-electron chi connectivity index (χ4n) is 2.67. The third-order valence-electron chi connectivity index (χ3n) is 3.76. The molecule has 1 saturated heterocycles. The van der Waals surface area contributed by atoms with E-state index < -0.39 is 0 Å². The second-order valence-electron chi connectivity index (χ2n) is 5.20. The standard InChI is InChI=1S/C18H19NO2/c20-18(14-15-6-2-1-3-7-15)16-8-4-5-9-17(16)19-10-12-21-13-11-19/h1-9H,10-14H2. The number of benzene rings is 2. The summed E-state index contributed by atoms with van der Waals surface area (Å²) in [6.45, 7) is 3.13. The highest BCUT2D eigenvalue weighted by Gasteiger charge is 2.18. The molecule has 1 heterocycles. The average Bonchev–Trinajstić information content (AvgIpc) is 2.56. The maximum absolute atomic E-state index is 12.6. The van der Waals surface area contributed by atoms with Crippen molar-refractivity contribution in [3.05, 3.63) is 65.7 Å². The lowest BCUT2D eigenvalue weighted by Gasteiger charge is -2.30. The minimum absolute atomic E-state index is 0.170. The first kappa shape index (κ1) is 13.8. The number of hydrogen-bond donors (Lipinski definition) is 0. The molecule has 0 radical (unpaired) electrons. The first-order valence-corrected chi connectivity index (χ1v) is 7.33. The van der Waals surface area contributed by atoms with Crippen molar-refractivity contribution in [2.24, 2.45) is 0 Å². The van der Waals surface area contributed by atoms with E-state index in [2.05, 4.69) is 4.90 Å². The molecule has 0 aromatic heterocycles. The Morgan fingerprint density at radius 2 is 1.62 bits per heavy atom. The fourth-order valence-corrected chi connectivity index (χ4v) is 2.67. The van der Waals surface area contributed by atoms with E-state index in [4.69, 9.17) is 4.74 Å². The summed E-state index contributed by atoms with van der Waals surface area (Å²) in [7, 11) is 0. The van der Waals surface area contributed by atoms with Gasteiger partial charge in [0.2, 0.25) is 0 Å². The normalized spacial score (nSPS) is 15.0. The molecule has 3 rings (SSSR count). The molecule has 3 nitrogen and oxygen atoms in total. The number of anilines is 1. The summed E-state index contributed by atoms with van der Waals surface area (Å²) < 4.78 is 5.39. The molecule has 2 aromatic rings. The molecular formula is C18H19NO2. The molecule has 0 unspecified atom stereocenters. The minimum Gasteiger partial charge on any atom is -0.378 e. The molecule has 0 saturated carbocycles. The number of hydrogen-bond acceptors (Lipinski definition) is 3. The van der Waals surface area contributed by atoms with Gasteiger partial charge in [0.1, 0.15) is 0 Å². The molecule has 0 N–H and O–H groups in total. The summed E-state index contributed by atoms with van der Waals surface area (Å²) in [4.78, 5) is 14.9. The van der Waals surface area contributed by atoms with Gasteiger partial charge in [-0.1, -0.05) is 42.5 Å². The van der Waals surface area contributed by atoms with Crippen molar-refractivity contribution in [2.75, 3.05) is 31.2 Å². The Hall–Kier alpha value is -2.13. The van der Waals surface area contributed by atoms with Gasteiger partial charge < -0.3 is 9.64 Å². The molecule has 2 aromatic carbocycles. The van der Waals surface area contributed by atoms with Crippen molar-refractivity contribution in [2.45, 2.75) is 6.42 Å². The van der Waals surface area contributed by atoms with E-state index in [1.165, 1.54) is 0 Å². The second-order valence-corrected chi connectivity index (χ2v) is 5.20. The Labute approximate surface area is 125 Å². The maximum Gasteiger partial charge on any atom is 0.169 e. The SMILES string of the molecule is O=C(Cc1ccccc1)c1ccccc1N1CCOCC1. The third kappa shape index (κ3) is 3.31. The van der Waals surface area contributed by atoms with E-state index in [1.54, 1.807) is 0 Å². The van der Waals surface area contributed by atoms with Crippen molar-refractivity contribution in [3.63, 3.8) is 0 Å². The monoisotopic (exact) mass is 281 g/mol. The van der Waals surface area contributed by atoms with Crippen molar-refractivity contribution in [1.82, 2.24) is 0 Å². The summed E-state index contributed by atoms with van der Waals surface area (Å²) in [5, 5.41) is 0. The van der Waals surface area contributed by atoms with Crippen molar-refractivity contribution in [1.29, 1.82) is 0 Å². The number of carbonyl (C=O) groups excluding carboxylic acids is 1. The van der Waals surface area contributed by atoms with E-state index >= 15 is 0 Å². The number of para-hydroxylation sites is 1. The van der Waals surface area contributed by atoms with Crippen LogP contribution in [0.15, 0.2) is 54.6 Å². The van der Waals surface area contributed by atoms with Crippen LogP contribution in [0.25, 0.3) is 0 Å². The van der Waals surface area contributed by atoms with Gasteiger partial charge in [0.05, 0.1) is 13.2 Å². The number of nitrogens with zero attached hydrogens (tertiary/aromatic N) is 1. The number of morpholine rings is 1. The summed E-state index contributed by atoms with van der Waals surface area (Å²) in [6, 6.07) is 17.8. The zero-order valence-electron chi connectivity index (χ0n) is 12.0. The highest BCUT2D eigenvalue weighted by Crippen LogP contribution is 2.23. The summed E-state index contributed by atoms with van der Waals surface area (Å²) in [5.41, 5.74) is 2.89. The van der Waals surface area contributed by atoms with Crippen LogP contribution < -0.4 is 4.90 Å². The molecule has 3 heteroatoms. The van der Waals surface area contributed by atoms with E-state index in [-0.39, 0.29) is 5.78 Å². The Balaban J connectivity index is 1.82. The van der Waals surface area contributed by atoms with Crippen molar-refractivity contribution < 1.29 is 9.53 Å². The molecule has 1 aliphatic rings.